The fourth-order valence-corrected chi connectivity index (χ4v) is 2.60. The van der Waals surface area contributed by atoms with Gasteiger partial charge in [-0.3, -0.25) is 0 Å². The van der Waals surface area contributed by atoms with Gasteiger partial charge in [-0.2, -0.15) is 0 Å². The first-order valence-electron chi connectivity index (χ1n) is 6.14. The van der Waals surface area contributed by atoms with Gasteiger partial charge >= 0.3 is 0 Å². The lowest BCUT2D eigenvalue weighted by Gasteiger charge is -2.29. The average Bonchev–Trinajstić information content (AvgIpc) is 2.40. The summed E-state index contributed by atoms with van der Waals surface area (Å²) in [6, 6.07) is 18.9. The zero-order valence-corrected chi connectivity index (χ0v) is 12.2. The fourth-order valence-electron chi connectivity index (χ4n) is 2.20. The molecule has 0 heterocycles. The van der Waals surface area contributed by atoms with Crippen LogP contribution in [0.1, 0.15) is 18.1 Å². The van der Waals surface area contributed by atoms with Crippen LogP contribution in [0.3, 0.4) is 0 Å². The van der Waals surface area contributed by atoms with Gasteiger partial charge in [-0.05, 0) is 29.7 Å². The molecule has 1 nitrogen and oxygen atoms in total. The molecule has 2 aromatic carbocycles. The first kappa shape index (κ1) is 13.3. The molecule has 0 spiro atoms. The fraction of sp³-hybridized carbons (Fsp3) is 0.250. The molecule has 0 radical (unpaired) electrons. The average molecular weight is 304 g/mol. The predicted molar refractivity (Wildman–Crippen MR) is 80.7 cm³/mol. The Morgan fingerprint density at radius 3 is 2.39 bits per heavy atom. The molecule has 0 aromatic heterocycles. The van der Waals surface area contributed by atoms with Gasteiger partial charge in [0.25, 0.3) is 0 Å². The maximum Gasteiger partial charge on any atom is 0.0178 e. The van der Waals surface area contributed by atoms with E-state index in [1.807, 2.05) is 12.1 Å². The molecule has 0 aliphatic carbocycles. The Bertz CT molecular complexity index is 510. The Balaban J connectivity index is 2.31. The van der Waals surface area contributed by atoms with Crippen LogP contribution in [-0.2, 0) is 11.8 Å². The highest BCUT2D eigenvalue weighted by Gasteiger charge is 2.25. The third-order valence-electron chi connectivity index (χ3n) is 3.41. The number of rotatable bonds is 4. The van der Waals surface area contributed by atoms with Crippen molar-refractivity contribution in [3.63, 3.8) is 0 Å². The zero-order valence-electron chi connectivity index (χ0n) is 10.6. The van der Waals surface area contributed by atoms with Crippen LogP contribution in [0.15, 0.2) is 59.1 Å². The van der Waals surface area contributed by atoms with Crippen molar-refractivity contribution in [1.29, 1.82) is 0 Å². The highest BCUT2D eigenvalue weighted by atomic mass is 79.9. The lowest BCUT2D eigenvalue weighted by molar-refractivity contribution is 0.481. The van der Waals surface area contributed by atoms with E-state index in [1.165, 1.54) is 11.1 Å². The first-order chi connectivity index (χ1) is 8.64. The van der Waals surface area contributed by atoms with Crippen LogP contribution >= 0.6 is 15.9 Å². The Morgan fingerprint density at radius 2 is 1.78 bits per heavy atom. The van der Waals surface area contributed by atoms with Crippen molar-refractivity contribution in [3.05, 3.63) is 70.2 Å². The van der Waals surface area contributed by atoms with E-state index >= 15 is 0 Å². The van der Waals surface area contributed by atoms with Gasteiger partial charge in [0.1, 0.15) is 0 Å². The third-order valence-corrected chi connectivity index (χ3v) is 3.90. The molecule has 2 N–H and O–H groups in total. The van der Waals surface area contributed by atoms with E-state index < -0.39 is 0 Å². The largest absolute Gasteiger partial charge is 0.330 e. The van der Waals surface area contributed by atoms with Crippen molar-refractivity contribution in [2.45, 2.75) is 18.8 Å². The van der Waals surface area contributed by atoms with Crippen LogP contribution in [-0.4, -0.2) is 6.54 Å². The summed E-state index contributed by atoms with van der Waals surface area (Å²) in [5, 5.41) is 0. The monoisotopic (exact) mass is 303 g/mol. The van der Waals surface area contributed by atoms with Crippen LogP contribution in [0.25, 0.3) is 0 Å². The second-order valence-electron chi connectivity index (χ2n) is 4.94. The van der Waals surface area contributed by atoms with E-state index in [1.54, 1.807) is 0 Å². The van der Waals surface area contributed by atoms with Gasteiger partial charge in [-0.25, -0.2) is 0 Å². The van der Waals surface area contributed by atoms with Crippen LogP contribution in [0.4, 0.5) is 0 Å². The summed E-state index contributed by atoms with van der Waals surface area (Å²) in [4.78, 5) is 0. The Kier molecular flexibility index (Phi) is 4.20. The predicted octanol–water partition coefficient (Wildman–Crippen LogP) is 3.91. The highest BCUT2D eigenvalue weighted by Crippen LogP contribution is 2.29. The van der Waals surface area contributed by atoms with Gasteiger partial charge in [0.2, 0.25) is 0 Å². The molecule has 1 atom stereocenters. The van der Waals surface area contributed by atoms with Gasteiger partial charge in [-0.1, -0.05) is 65.3 Å². The maximum atomic E-state index is 6.02. The number of hydrogen-bond acceptors (Lipinski definition) is 1. The summed E-state index contributed by atoms with van der Waals surface area (Å²) < 4.78 is 1.10. The van der Waals surface area contributed by atoms with Crippen LogP contribution in [0.2, 0.25) is 0 Å². The number of nitrogens with two attached hydrogens (primary N) is 1. The molecule has 0 saturated heterocycles. The minimum absolute atomic E-state index is 0.0227. The molecule has 2 rings (SSSR count). The molecule has 0 saturated carbocycles. The second-order valence-corrected chi connectivity index (χ2v) is 5.85. The van der Waals surface area contributed by atoms with Crippen molar-refractivity contribution in [2.75, 3.05) is 6.54 Å². The minimum atomic E-state index is -0.0227. The molecule has 0 aliphatic heterocycles. The summed E-state index contributed by atoms with van der Waals surface area (Å²) in [5.74, 6) is 0. The summed E-state index contributed by atoms with van der Waals surface area (Å²) in [5.41, 5.74) is 8.60. The van der Waals surface area contributed by atoms with E-state index in [9.17, 15) is 0 Å². The van der Waals surface area contributed by atoms with Crippen LogP contribution in [0, 0.1) is 0 Å². The lowest BCUT2D eigenvalue weighted by atomic mass is 9.77. The number of benzene rings is 2. The van der Waals surface area contributed by atoms with Gasteiger partial charge in [0, 0.05) is 16.4 Å². The van der Waals surface area contributed by atoms with Crippen molar-refractivity contribution < 1.29 is 0 Å². The van der Waals surface area contributed by atoms with E-state index in [0.717, 1.165) is 10.9 Å². The standard InChI is InChI=1S/C16H18BrN/c1-16(12-18,11-13-6-3-2-4-7-13)14-8-5-9-15(17)10-14/h2-10H,11-12,18H2,1H3. The van der Waals surface area contributed by atoms with E-state index in [0.29, 0.717) is 6.54 Å². The third kappa shape index (κ3) is 3.01. The van der Waals surface area contributed by atoms with E-state index in [2.05, 4.69) is 65.3 Å². The summed E-state index contributed by atoms with van der Waals surface area (Å²) in [7, 11) is 0. The Labute approximate surface area is 117 Å². The molecule has 0 bridgehead atoms. The molecule has 2 heteroatoms. The number of hydrogen-bond donors (Lipinski definition) is 1. The molecule has 94 valence electrons. The normalized spacial score (nSPS) is 14.2. The van der Waals surface area contributed by atoms with Gasteiger partial charge in [0.05, 0.1) is 0 Å². The molecule has 1 unspecified atom stereocenters. The topological polar surface area (TPSA) is 26.0 Å². The van der Waals surface area contributed by atoms with Crippen molar-refractivity contribution in [3.8, 4) is 0 Å². The molecule has 0 fully saturated rings. The summed E-state index contributed by atoms with van der Waals surface area (Å²) >= 11 is 3.53. The van der Waals surface area contributed by atoms with Crippen LogP contribution < -0.4 is 5.73 Å². The minimum Gasteiger partial charge on any atom is -0.330 e. The number of halogens is 1. The van der Waals surface area contributed by atoms with Gasteiger partial charge in [0.15, 0.2) is 0 Å². The molecule has 18 heavy (non-hydrogen) atoms. The van der Waals surface area contributed by atoms with Crippen molar-refractivity contribution >= 4 is 15.9 Å². The SMILES string of the molecule is CC(CN)(Cc1ccccc1)c1cccc(Br)c1. The Morgan fingerprint density at radius 1 is 1.06 bits per heavy atom. The zero-order chi connectivity index (χ0) is 13.0. The summed E-state index contributed by atoms with van der Waals surface area (Å²) in [6.07, 6.45) is 0.959. The lowest BCUT2D eigenvalue weighted by Crippen LogP contribution is -2.34. The maximum absolute atomic E-state index is 6.02. The van der Waals surface area contributed by atoms with Gasteiger partial charge in [-0.15, -0.1) is 0 Å². The first-order valence-corrected chi connectivity index (χ1v) is 6.93. The quantitative estimate of drug-likeness (QED) is 0.910. The highest BCUT2D eigenvalue weighted by molar-refractivity contribution is 9.10. The molecular weight excluding hydrogens is 286 g/mol. The van der Waals surface area contributed by atoms with Crippen LogP contribution in [0.5, 0.6) is 0 Å². The van der Waals surface area contributed by atoms with Crippen molar-refractivity contribution in [1.82, 2.24) is 0 Å². The van der Waals surface area contributed by atoms with E-state index in [-0.39, 0.29) is 5.41 Å². The smallest absolute Gasteiger partial charge is 0.0178 e. The summed E-state index contributed by atoms with van der Waals surface area (Å²) in [6.45, 7) is 2.86. The van der Waals surface area contributed by atoms with Gasteiger partial charge < -0.3 is 5.73 Å². The molecule has 2 aromatic rings. The van der Waals surface area contributed by atoms with E-state index in [4.69, 9.17) is 5.73 Å². The second kappa shape index (κ2) is 5.68. The van der Waals surface area contributed by atoms with Crippen molar-refractivity contribution in [2.24, 2.45) is 5.73 Å². The molecule has 0 amide bonds. The Hall–Kier alpha value is -1.12. The molecular formula is C16H18BrN. The molecule has 0 aliphatic rings.